The van der Waals surface area contributed by atoms with Crippen LogP contribution in [0.4, 0.5) is 0 Å². The highest BCUT2D eigenvalue weighted by atomic mass is 16.2. The highest BCUT2D eigenvalue weighted by Crippen LogP contribution is 2.16. The van der Waals surface area contributed by atoms with E-state index in [1.807, 2.05) is 19.9 Å². The van der Waals surface area contributed by atoms with Crippen molar-refractivity contribution in [3.8, 4) is 0 Å². The van der Waals surface area contributed by atoms with E-state index in [9.17, 15) is 9.59 Å². The Balaban J connectivity index is 2.31. The molecule has 2 rings (SSSR count). The van der Waals surface area contributed by atoms with Gasteiger partial charge in [0.2, 0.25) is 0 Å². The summed E-state index contributed by atoms with van der Waals surface area (Å²) in [6.07, 6.45) is 3.30. The van der Waals surface area contributed by atoms with Crippen LogP contribution in [0.5, 0.6) is 0 Å². The number of imidazole rings is 1. The first kappa shape index (κ1) is 13.4. The summed E-state index contributed by atoms with van der Waals surface area (Å²) in [6.45, 7) is 6.92. The number of nitrogens with zero attached hydrogens (tertiary/aromatic N) is 3. The molecule has 102 valence electrons. The van der Waals surface area contributed by atoms with E-state index in [0.29, 0.717) is 5.56 Å². The van der Waals surface area contributed by atoms with Crippen LogP contribution in [0.2, 0.25) is 0 Å². The summed E-state index contributed by atoms with van der Waals surface area (Å²) < 4.78 is 4.99. The zero-order valence-corrected chi connectivity index (χ0v) is 11.8. The van der Waals surface area contributed by atoms with Gasteiger partial charge in [-0.1, -0.05) is 0 Å². The van der Waals surface area contributed by atoms with Crippen LogP contribution in [0.3, 0.4) is 0 Å². The van der Waals surface area contributed by atoms with Crippen LogP contribution in [0.1, 0.15) is 28.7 Å². The summed E-state index contributed by atoms with van der Waals surface area (Å²) in [6, 6.07) is 1.90. The third-order valence-corrected chi connectivity index (χ3v) is 3.52. The number of hydrogen-bond acceptors (Lipinski definition) is 2. The highest BCUT2D eigenvalue weighted by Gasteiger charge is 2.16. The molecule has 2 heterocycles. The molecule has 5 nitrogen and oxygen atoms in total. The topological polar surface area (TPSA) is 48.9 Å². The summed E-state index contributed by atoms with van der Waals surface area (Å²) in [7, 11) is 1.67. The quantitative estimate of drug-likeness (QED) is 0.783. The first-order valence-corrected chi connectivity index (χ1v) is 6.37. The maximum atomic E-state index is 12.3. The minimum absolute atomic E-state index is 0.0268. The van der Waals surface area contributed by atoms with Crippen molar-refractivity contribution in [2.24, 2.45) is 7.05 Å². The monoisotopic (exact) mass is 261 g/mol. The Hall–Kier alpha value is -2.04. The molecule has 0 saturated carbocycles. The standard InChI is InChI=1S/C14H19N3O2/c1-5-17-10(2)8-12(11(17)3)13(18)9-16-7-6-15(4)14(16)19/h6-8H,5,9H2,1-4H3. The summed E-state index contributed by atoms with van der Waals surface area (Å²) in [5.41, 5.74) is 2.57. The number of ketones is 1. The van der Waals surface area contributed by atoms with Crippen molar-refractivity contribution < 1.29 is 4.79 Å². The van der Waals surface area contributed by atoms with Gasteiger partial charge in [-0.05, 0) is 26.8 Å². The molecule has 2 aromatic heterocycles. The average molecular weight is 261 g/mol. The molecule has 0 aliphatic carbocycles. The van der Waals surface area contributed by atoms with Crippen molar-refractivity contribution in [1.29, 1.82) is 0 Å². The van der Waals surface area contributed by atoms with Gasteiger partial charge in [0.05, 0.1) is 6.54 Å². The predicted octanol–water partition coefficient (Wildman–Crippen LogP) is 1.51. The zero-order valence-electron chi connectivity index (χ0n) is 11.8. The SMILES string of the molecule is CCn1c(C)cc(C(=O)Cn2ccn(C)c2=O)c1C. The number of rotatable bonds is 4. The molecule has 0 unspecified atom stereocenters. The average Bonchev–Trinajstić information content (AvgIpc) is 2.83. The van der Waals surface area contributed by atoms with Crippen molar-refractivity contribution in [1.82, 2.24) is 13.7 Å². The number of aromatic nitrogens is 3. The van der Waals surface area contributed by atoms with Gasteiger partial charge in [-0.3, -0.25) is 9.36 Å². The zero-order chi connectivity index (χ0) is 14.2. The van der Waals surface area contributed by atoms with E-state index < -0.39 is 0 Å². The fourth-order valence-electron chi connectivity index (χ4n) is 2.44. The first-order chi connectivity index (χ1) is 8.95. The lowest BCUT2D eigenvalue weighted by atomic mass is 10.1. The van der Waals surface area contributed by atoms with Gasteiger partial charge in [0.15, 0.2) is 5.78 Å². The van der Waals surface area contributed by atoms with Gasteiger partial charge < -0.3 is 9.13 Å². The second-order valence-corrected chi connectivity index (χ2v) is 4.77. The highest BCUT2D eigenvalue weighted by molar-refractivity contribution is 5.97. The molecule has 0 bridgehead atoms. The summed E-state index contributed by atoms with van der Waals surface area (Å²) in [4.78, 5) is 24.0. The molecule has 0 aromatic carbocycles. The van der Waals surface area contributed by atoms with Crippen molar-refractivity contribution in [3.05, 3.63) is 45.9 Å². The molecule has 0 radical (unpaired) electrons. The molecule has 0 N–H and O–H groups in total. The summed E-state index contributed by atoms with van der Waals surface area (Å²) >= 11 is 0. The Labute approximate surface area is 112 Å². The molecule has 19 heavy (non-hydrogen) atoms. The van der Waals surface area contributed by atoms with E-state index in [1.165, 1.54) is 9.13 Å². The molecule has 0 aliphatic heterocycles. The summed E-state index contributed by atoms with van der Waals surface area (Å²) in [5, 5.41) is 0. The van der Waals surface area contributed by atoms with Gasteiger partial charge >= 0.3 is 5.69 Å². The van der Waals surface area contributed by atoms with Crippen molar-refractivity contribution in [2.45, 2.75) is 33.9 Å². The van der Waals surface area contributed by atoms with E-state index in [2.05, 4.69) is 11.5 Å². The Kier molecular flexibility index (Phi) is 3.46. The van der Waals surface area contributed by atoms with Crippen molar-refractivity contribution >= 4 is 5.78 Å². The Bertz CT molecular complexity index is 673. The van der Waals surface area contributed by atoms with E-state index in [4.69, 9.17) is 0 Å². The molecule has 2 aromatic rings. The molecular weight excluding hydrogens is 242 g/mol. The van der Waals surface area contributed by atoms with Crippen LogP contribution in [-0.2, 0) is 20.1 Å². The molecule has 0 atom stereocenters. The fourth-order valence-corrected chi connectivity index (χ4v) is 2.44. The molecular formula is C14H19N3O2. The Morgan fingerprint density at radius 2 is 1.95 bits per heavy atom. The predicted molar refractivity (Wildman–Crippen MR) is 73.6 cm³/mol. The number of Topliss-reactive ketones (excluding diaryl/α,β-unsaturated/α-hetero) is 1. The minimum atomic E-state index is -0.169. The van der Waals surface area contributed by atoms with Crippen LogP contribution < -0.4 is 5.69 Å². The second kappa shape index (κ2) is 4.91. The van der Waals surface area contributed by atoms with Crippen molar-refractivity contribution in [3.63, 3.8) is 0 Å². The van der Waals surface area contributed by atoms with E-state index in [0.717, 1.165) is 17.9 Å². The molecule has 5 heteroatoms. The minimum Gasteiger partial charge on any atom is -0.349 e. The van der Waals surface area contributed by atoms with Gasteiger partial charge in [-0.25, -0.2) is 4.79 Å². The van der Waals surface area contributed by atoms with Crippen molar-refractivity contribution in [2.75, 3.05) is 0 Å². The Morgan fingerprint density at radius 3 is 2.42 bits per heavy atom. The number of carbonyl (C=O) groups excluding carboxylic acids is 1. The van der Waals surface area contributed by atoms with E-state index in [1.54, 1.807) is 19.4 Å². The molecule has 0 saturated heterocycles. The third-order valence-electron chi connectivity index (χ3n) is 3.52. The van der Waals surface area contributed by atoms with Crippen LogP contribution in [0.25, 0.3) is 0 Å². The van der Waals surface area contributed by atoms with Crippen LogP contribution in [-0.4, -0.2) is 19.5 Å². The van der Waals surface area contributed by atoms with Gasteiger partial charge in [0.25, 0.3) is 0 Å². The molecule has 0 amide bonds. The summed E-state index contributed by atoms with van der Waals surface area (Å²) in [5.74, 6) is -0.0268. The molecule has 0 aliphatic rings. The van der Waals surface area contributed by atoms with Gasteiger partial charge in [-0.2, -0.15) is 0 Å². The Morgan fingerprint density at radius 1 is 1.26 bits per heavy atom. The maximum Gasteiger partial charge on any atom is 0.328 e. The first-order valence-electron chi connectivity index (χ1n) is 6.37. The van der Waals surface area contributed by atoms with Crippen LogP contribution >= 0.6 is 0 Å². The molecule has 0 fully saturated rings. The third kappa shape index (κ3) is 2.28. The largest absolute Gasteiger partial charge is 0.349 e. The number of aryl methyl sites for hydroxylation is 2. The van der Waals surface area contributed by atoms with Gasteiger partial charge in [0.1, 0.15) is 0 Å². The number of hydrogen-bond donors (Lipinski definition) is 0. The van der Waals surface area contributed by atoms with Gasteiger partial charge in [0, 0.05) is 42.9 Å². The lowest BCUT2D eigenvalue weighted by Crippen LogP contribution is -2.25. The lowest BCUT2D eigenvalue weighted by molar-refractivity contribution is 0.0970. The molecule has 0 spiro atoms. The van der Waals surface area contributed by atoms with E-state index in [-0.39, 0.29) is 18.0 Å². The van der Waals surface area contributed by atoms with E-state index >= 15 is 0 Å². The van der Waals surface area contributed by atoms with Gasteiger partial charge in [-0.15, -0.1) is 0 Å². The number of carbonyl (C=O) groups is 1. The normalized spacial score (nSPS) is 10.9. The van der Waals surface area contributed by atoms with Crippen LogP contribution in [0, 0.1) is 13.8 Å². The second-order valence-electron chi connectivity index (χ2n) is 4.77. The fraction of sp³-hybridized carbons (Fsp3) is 0.429. The lowest BCUT2D eigenvalue weighted by Gasteiger charge is -2.05. The smallest absolute Gasteiger partial charge is 0.328 e. The maximum absolute atomic E-state index is 12.3. The van der Waals surface area contributed by atoms with Crippen LogP contribution in [0.15, 0.2) is 23.3 Å².